The minimum atomic E-state index is -0.0794. The average molecular weight is 381 g/mol. The van der Waals surface area contributed by atoms with Gasteiger partial charge < -0.3 is 9.80 Å². The summed E-state index contributed by atoms with van der Waals surface area (Å²) in [4.78, 5) is 43.2. The van der Waals surface area contributed by atoms with Crippen molar-refractivity contribution >= 4 is 33.5 Å². The summed E-state index contributed by atoms with van der Waals surface area (Å²) in [5, 5.41) is 0. The molecule has 138 valence electrons. The standard InChI is InChI=1S/C19H19N5O2S/c1-23(2)19(26)16-14(15-17(27-16)22-9-8-21-15)12-6-10-24(11-12)18(25)13-5-3-4-7-20-13/h3-5,7-9,12H,6,10-11H2,1-2H3/t12-/m1/s1. The summed E-state index contributed by atoms with van der Waals surface area (Å²) < 4.78 is 0. The molecule has 0 N–H and O–H groups in total. The molecule has 1 aliphatic rings. The fraction of sp³-hybridized carbons (Fsp3) is 0.316. The molecule has 1 aliphatic heterocycles. The van der Waals surface area contributed by atoms with Crippen molar-refractivity contribution in [1.82, 2.24) is 24.8 Å². The summed E-state index contributed by atoms with van der Waals surface area (Å²) in [6.45, 7) is 1.18. The van der Waals surface area contributed by atoms with Gasteiger partial charge >= 0.3 is 0 Å². The summed E-state index contributed by atoms with van der Waals surface area (Å²) >= 11 is 1.37. The highest BCUT2D eigenvalue weighted by atomic mass is 32.1. The van der Waals surface area contributed by atoms with E-state index in [1.165, 1.54) is 11.3 Å². The van der Waals surface area contributed by atoms with Crippen molar-refractivity contribution in [1.29, 1.82) is 0 Å². The first-order chi connectivity index (χ1) is 13.1. The monoisotopic (exact) mass is 381 g/mol. The second kappa shape index (κ2) is 7.03. The zero-order valence-electron chi connectivity index (χ0n) is 15.1. The van der Waals surface area contributed by atoms with Gasteiger partial charge in [-0.1, -0.05) is 6.07 Å². The first-order valence-electron chi connectivity index (χ1n) is 8.71. The van der Waals surface area contributed by atoms with E-state index in [1.54, 1.807) is 54.6 Å². The number of rotatable bonds is 3. The van der Waals surface area contributed by atoms with Crippen molar-refractivity contribution in [3.05, 3.63) is 52.9 Å². The van der Waals surface area contributed by atoms with Crippen molar-refractivity contribution in [2.45, 2.75) is 12.3 Å². The molecular formula is C19H19N5O2S. The lowest BCUT2D eigenvalue weighted by Crippen LogP contribution is -2.29. The smallest absolute Gasteiger partial charge is 0.272 e. The fourth-order valence-corrected chi connectivity index (χ4v) is 4.63. The van der Waals surface area contributed by atoms with Gasteiger partial charge in [-0.3, -0.25) is 19.6 Å². The molecule has 0 bridgehead atoms. The molecule has 4 rings (SSSR count). The second-order valence-corrected chi connectivity index (χ2v) is 7.71. The van der Waals surface area contributed by atoms with Gasteiger partial charge in [-0.25, -0.2) is 4.98 Å². The molecule has 2 amide bonds. The van der Waals surface area contributed by atoms with E-state index in [-0.39, 0.29) is 17.7 Å². The number of amides is 2. The fourth-order valence-electron chi connectivity index (χ4n) is 3.42. The van der Waals surface area contributed by atoms with Gasteiger partial charge in [0, 0.05) is 57.3 Å². The normalized spacial score (nSPS) is 16.7. The van der Waals surface area contributed by atoms with Crippen LogP contribution in [0.5, 0.6) is 0 Å². The number of pyridine rings is 1. The van der Waals surface area contributed by atoms with Crippen LogP contribution in [-0.2, 0) is 0 Å². The van der Waals surface area contributed by atoms with Crippen LogP contribution in [0.4, 0.5) is 0 Å². The Hall–Kier alpha value is -2.87. The molecule has 0 aliphatic carbocycles. The van der Waals surface area contributed by atoms with Crippen LogP contribution in [0.3, 0.4) is 0 Å². The highest BCUT2D eigenvalue weighted by Crippen LogP contribution is 2.39. The first-order valence-corrected chi connectivity index (χ1v) is 9.53. The van der Waals surface area contributed by atoms with Crippen molar-refractivity contribution < 1.29 is 9.59 Å². The van der Waals surface area contributed by atoms with E-state index in [0.717, 1.165) is 22.3 Å². The molecule has 8 heteroatoms. The molecule has 7 nitrogen and oxygen atoms in total. The van der Waals surface area contributed by atoms with Crippen LogP contribution in [0.1, 0.15) is 38.1 Å². The summed E-state index contributed by atoms with van der Waals surface area (Å²) in [6.07, 6.45) is 5.69. The predicted molar refractivity (Wildman–Crippen MR) is 103 cm³/mol. The van der Waals surface area contributed by atoms with Crippen LogP contribution in [0.2, 0.25) is 0 Å². The third-order valence-corrected chi connectivity index (χ3v) is 5.82. The molecule has 3 aromatic heterocycles. The van der Waals surface area contributed by atoms with E-state index in [1.807, 2.05) is 6.07 Å². The molecular weight excluding hydrogens is 362 g/mol. The van der Waals surface area contributed by atoms with E-state index in [4.69, 9.17) is 0 Å². The van der Waals surface area contributed by atoms with E-state index in [9.17, 15) is 9.59 Å². The van der Waals surface area contributed by atoms with Crippen LogP contribution in [-0.4, -0.2) is 63.8 Å². The van der Waals surface area contributed by atoms with E-state index >= 15 is 0 Å². The molecule has 0 unspecified atom stereocenters. The maximum absolute atomic E-state index is 12.7. The Bertz CT molecular complexity index is 1000. The van der Waals surface area contributed by atoms with Crippen molar-refractivity contribution in [2.24, 2.45) is 0 Å². The number of likely N-dealkylation sites (tertiary alicyclic amines) is 1. The number of hydrogen-bond donors (Lipinski definition) is 0. The molecule has 3 aromatic rings. The first kappa shape index (κ1) is 17.5. The Kier molecular flexibility index (Phi) is 4.57. The zero-order chi connectivity index (χ0) is 19.0. The molecule has 0 radical (unpaired) electrons. The number of carbonyl (C=O) groups excluding carboxylic acids is 2. The van der Waals surface area contributed by atoms with E-state index in [0.29, 0.717) is 23.7 Å². The van der Waals surface area contributed by atoms with Gasteiger partial charge in [0.05, 0.1) is 4.88 Å². The third-order valence-electron chi connectivity index (χ3n) is 4.73. The number of fused-ring (bicyclic) bond motifs is 1. The average Bonchev–Trinajstić information content (AvgIpc) is 3.31. The van der Waals surface area contributed by atoms with Crippen molar-refractivity contribution in [3.63, 3.8) is 0 Å². The van der Waals surface area contributed by atoms with Gasteiger partial charge in [-0.2, -0.15) is 0 Å². The SMILES string of the molecule is CN(C)C(=O)c1sc2nccnc2c1[C@@H]1CCN(C(=O)c2ccccn2)C1. The third kappa shape index (κ3) is 3.16. The molecule has 27 heavy (non-hydrogen) atoms. The van der Waals surface area contributed by atoms with Crippen LogP contribution < -0.4 is 0 Å². The van der Waals surface area contributed by atoms with Gasteiger partial charge in [-0.15, -0.1) is 11.3 Å². The maximum Gasteiger partial charge on any atom is 0.272 e. The topological polar surface area (TPSA) is 79.3 Å². The van der Waals surface area contributed by atoms with Crippen LogP contribution in [0.15, 0.2) is 36.8 Å². The maximum atomic E-state index is 12.7. The Labute approximate surface area is 160 Å². The second-order valence-electron chi connectivity index (χ2n) is 6.71. The van der Waals surface area contributed by atoms with Crippen LogP contribution >= 0.6 is 11.3 Å². The van der Waals surface area contributed by atoms with E-state index < -0.39 is 0 Å². The Morgan fingerprint density at radius 2 is 1.96 bits per heavy atom. The molecule has 1 atom stereocenters. The summed E-state index contributed by atoms with van der Waals surface area (Å²) in [5.74, 6) is -0.0736. The molecule has 1 fully saturated rings. The molecule has 1 saturated heterocycles. The van der Waals surface area contributed by atoms with Crippen molar-refractivity contribution in [3.8, 4) is 0 Å². The Morgan fingerprint density at radius 1 is 1.15 bits per heavy atom. The van der Waals surface area contributed by atoms with Gasteiger partial charge in [-0.05, 0) is 18.6 Å². The Balaban J connectivity index is 1.68. The number of hydrogen-bond acceptors (Lipinski definition) is 6. The van der Waals surface area contributed by atoms with Gasteiger partial charge in [0.25, 0.3) is 11.8 Å². The quantitative estimate of drug-likeness (QED) is 0.696. The number of nitrogens with zero attached hydrogens (tertiary/aromatic N) is 5. The highest BCUT2D eigenvalue weighted by molar-refractivity contribution is 7.20. The van der Waals surface area contributed by atoms with E-state index in [2.05, 4.69) is 15.0 Å². The van der Waals surface area contributed by atoms with Crippen molar-refractivity contribution in [2.75, 3.05) is 27.2 Å². The largest absolute Gasteiger partial charge is 0.344 e. The lowest BCUT2D eigenvalue weighted by atomic mass is 9.97. The number of aromatic nitrogens is 3. The predicted octanol–water partition coefficient (Wildman–Crippen LogP) is 2.42. The molecule has 0 aromatic carbocycles. The zero-order valence-corrected chi connectivity index (χ0v) is 15.9. The summed E-state index contributed by atoms with van der Waals surface area (Å²) in [7, 11) is 3.48. The van der Waals surface area contributed by atoms with Crippen LogP contribution in [0, 0.1) is 0 Å². The van der Waals surface area contributed by atoms with Gasteiger partial charge in [0.15, 0.2) is 0 Å². The molecule has 0 spiro atoms. The summed E-state index contributed by atoms with van der Waals surface area (Å²) in [5.41, 5.74) is 2.13. The highest BCUT2D eigenvalue weighted by Gasteiger charge is 2.34. The van der Waals surface area contributed by atoms with Crippen LogP contribution in [0.25, 0.3) is 10.3 Å². The lowest BCUT2D eigenvalue weighted by Gasteiger charge is -2.17. The minimum absolute atomic E-state index is 0.0516. The minimum Gasteiger partial charge on any atom is -0.344 e. The summed E-state index contributed by atoms with van der Waals surface area (Å²) in [6, 6.07) is 5.32. The lowest BCUT2D eigenvalue weighted by molar-refractivity contribution is 0.0785. The molecule has 4 heterocycles. The number of thiophene rings is 1. The van der Waals surface area contributed by atoms with Gasteiger partial charge in [0.2, 0.25) is 0 Å². The molecule has 0 saturated carbocycles. The number of carbonyl (C=O) groups is 2. The van der Waals surface area contributed by atoms with Gasteiger partial charge in [0.1, 0.15) is 16.0 Å². The Morgan fingerprint density at radius 3 is 2.70 bits per heavy atom.